The van der Waals surface area contributed by atoms with Crippen molar-refractivity contribution >= 4 is 0 Å². The number of furan rings is 1. The van der Waals surface area contributed by atoms with Crippen LogP contribution in [0.1, 0.15) is 37.0 Å². The van der Waals surface area contributed by atoms with E-state index in [2.05, 4.69) is 5.32 Å². The van der Waals surface area contributed by atoms with Crippen molar-refractivity contribution in [3.8, 4) is 0 Å². The lowest BCUT2D eigenvalue weighted by atomic mass is 10.0. The highest BCUT2D eigenvalue weighted by Gasteiger charge is 2.19. The lowest BCUT2D eigenvalue weighted by Gasteiger charge is -2.16. The van der Waals surface area contributed by atoms with Crippen molar-refractivity contribution in [3.63, 3.8) is 0 Å². The number of halogens is 1. The number of hydrogen-bond acceptors (Lipinski definition) is 2. The molecule has 1 N–H and O–H groups in total. The second kappa shape index (κ2) is 5.83. The molecule has 2 aromatic rings. The van der Waals surface area contributed by atoms with Gasteiger partial charge < -0.3 is 9.73 Å². The van der Waals surface area contributed by atoms with Crippen LogP contribution in [0, 0.1) is 5.82 Å². The van der Waals surface area contributed by atoms with Gasteiger partial charge in [-0.25, -0.2) is 4.39 Å². The Morgan fingerprint density at radius 1 is 1.17 bits per heavy atom. The third-order valence-corrected chi connectivity index (χ3v) is 2.94. The number of aryl methyl sites for hydroxylation is 1. The molecule has 0 aliphatic rings. The Labute approximate surface area is 107 Å². The van der Waals surface area contributed by atoms with Crippen molar-refractivity contribution in [2.75, 3.05) is 6.54 Å². The minimum Gasteiger partial charge on any atom is -0.464 e. The van der Waals surface area contributed by atoms with E-state index in [9.17, 15) is 4.39 Å². The molecule has 0 radical (unpaired) electrons. The van der Waals surface area contributed by atoms with Crippen molar-refractivity contribution in [1.29, 1.82) is 0 Å². The van der Waals surface area contributed by atoms with Gasteiger partial charge in [0.05, 0.1) is 6.04 Å². The zero-order chi connectivity index (χ0) is 13.0. The molecule has 0 saturated carbocycles. The highest BCUT2D eigenvalue weighted by Crippen LogP contribution is 2.26. The molecule has 1 aromatic heterocycles. The summed E-state index contributed by atoms with van der Waals surface area (Å²) in [6, 6.07) is 10.4. The third-order valence-electron chi connectivity index (χ3n) is 2.94. The molecule has 1 atom stereocenters. The summed E-state index contributed by atoms with van der Waals surface area (Å²) in [5.74, 6) is 1.47. The molecule has 3 heteroatoms. The van der Waals surface area contributed by atoms with Gasteiger partial charge in [-0.05, 0) is 24.7 Å². The zero-order valence-corrected chi connectivity index (χ0v) is 10.7. The Bertz CT molecular complexity index is 507. The smallest absolute Gasteiger partial charge is 0.128 e. The van der Waals surface area contributed by atoms with E-state index in [0.717, 1.165) is 24.5 Å². The van der Waals surface area contributed by atoms with E-state index in [1.807, 2.05) is 32.0 Å². The van der Waals surface area contributed by atoms with Crippen molar-refractivity contribution in [2.45, 2.75) is 26.3 Å². The second-order valence-electron chi connectivity index (χ2n) is 4.17. The Morgan fingerprint density at radius 3 is 2.56 bits per heavy atom. The second-order valence-corrected chi connectivity index (χ2v) is 4.17. The first-order valence-corrected chi connectivity index (χ1v) is 6.32. The van der Waals surface area contributed by atoms with Crippen molar-refractivity contribution < 1.29 is 8.81 Å². The summed E-state index contributed by atoms with van der Waals surface area (Å²) >= 11 is 0. The van der Waals surface area contributed by atoms with E-state index in [-0.39, 0.29) is 11.9 Å². The molecule has 0 bridgehead atoms. The molecule has 0 aliphatic heterocycles. The molecule has 96 valence electrons. The molecule has 1 unspecified atom stereocenters. The first-order chi connectivity index (χ1) is 8.76. The van der Waals surface area contributed by atoms with Crippen LogP contribution in [0.2, 0.25) is 0 Å². The first-order valence-electron chi connectivity index (χ1n) is 6.32. The van der Waals surface area contributed by atoms with Crippen LogP contribution in [0.25, 0.3) is 0 Å². The average molecular weight is 247 g/mol. The van der Waals surface area contributed by atoms with E-state index in [0.29, 0.717) is 5.56 Å². The largest absolute Gasteiger partial charge is 0.464 e. The molecule has 1 heterocycles. The first kappa shape index (κ1) is 12.8. The van der Waals surface area contributed by atoms with Gasteiger partial charge in [0.15, 0.2) is 0 Å². The van der Waals surface area contributed by atoms with Crippen LogP contribution in [0.5, 0.6) is 0 Å². The highest BCUT2D eigenvalue weighted by atomic mass is 19.1. The maximum Gasteiger partial charge on any atom is 0.128 e. The fourth-order valence-corrected chi connectivity index (χ4v) is 2.02. The lowest BCUT2D eigenvalue weighted by molar-refractivity contribution is 0.418. The summed E-state index contributed by atoms with van der Waals surface area (Å²) in [5.41, 5.74) is 0.622. The van der Waals surface area contributed by atoms with Crippen LogP contribution in [0.3, 0.4) is 0 Å². The maximum atomic E-state index is 13.9. The molecule has 1 aromatic carbocycles. The number of nitrogens with one attached hydrogen (secondary N) is 1. The van der Waals surface area contributed by atoms with E-state index in [1.54, 1.807) is 12.1 Å². The molecular weight excluding hydrogens is 229 g/mol. The molecule has 2 nitrogen and oxygen atoms in total. The molecule has 2 rings (SSSR count). The van der Waals surface area contributed by atoms with Gasteiger partial charge in [0.2, 0.25) is 0 Å². The number of rotatable bonds is 5. The summed E-state index contributed by atoms with van der Waals surface area (Å²) in [7, 11) is 0. The van der Waals surface area contributed by atoms with Gasteiger partial charge in [0.1, 0.15) is 17.3 Å². The summed E-state index contributed by atoms with van der Waals surface area (Å²) in [5, 5.41) is 3.26. The van der Waals surface area contributed by atoms with E-state index in [1.165, 1.54) is 6.07 Å². The summed E-state index contributed by atoms with van der Waals surface area (Å²) in [4.78, 5) is 0. The topological polar surface area (TPSA) is 25.2 Å². The summed E-state index contributed by atoms with van der Waals surface area (Å²) in [6.07, 6.45) is 0.843. The van der Waals surface area contributed by atoms with Crippen molar-refractivity contribution in [3.05, 3.63) is 59.3 Å². The van der Waals surface area contributed by atoms with E-state index >= 15 is 0 Å². The summed E-state index contributed by atoms with van der Waals surface area (Å²) < 4.78 is 19.6. The maximum absolute atomic E-state index is 13.9. The van der Waals surface area contributed by atoms with Crippen LogP contribution in [0.15, 0.2) is 40.8 Å². The molecule has 0 spiro atoms. The van der Waals surface area contributed by atoms with Crippen LogP contribution < -0.4 is 5.32 Å². The van der Waals surface area contributed by atoms with Crippen LogP contribution in [0.4, 0.5) is 4.39 Å². The van der Waals surface area contributed by atoms with E-state index in [4.69, 9.17) is 4.42 Å². The predicted molar refractivity (Wildman–Crippen MR) is 70.0 cm³/mol. The van der Waals surface area contributed by atoms with Crippen LogP contribution >= 0.6 is 0 Å². The SMILES string of the molecule is CCNC(c1ccc(CC)o1)c1ccccc1F. The fourth-order valence-electron chi connectivity index (χ4n) is 2.02. The molecular formula is C15H18FNO. The molecule has 0 aliphatic carbocycles. The minimum atomic E-state index is -0.225. The third kappa shape index (κ3) is 2.62. The summed E-state index contributed by atoms with van der Waals surface area (Å²) in [6.45, 7) is 4.78. The van der Waals surface area contributed by atoms with Gasteiger partial charge >= 0.3 is 0 Å². The molecule has 0 fully saturated rings. The molecule has 0 amide bonds. The number of benzene rings is 1. The van der Waals surface area contributed by atoms with Crippen molar-refractivity contribution in [2.24, 2.45) is 0 Å². The molecule has 18 heavy (non-hydrogen) atoms. The Hall–Kier alpha value is -1.61. The Balaban J connectivity index is 2.36. The van der Waals surface area contributed by atoms with Gasteiger partial charge in [-0.2, -0.15) is 0 Å². The Morgan fingerprint density at radius 2 is 1.94 bits per heavy atom. The predicted octanol–water partition coefficient (Wildman–Crippen LogP) is 3.68. The van der Waals surface area contributed by atoms with Gasteiger partial charge in [-0.15, -0.1) is 0 Å². The van der Waals surface area contributed by atoms with Crippen molar-refractivity contribution in [1.82, 2.24) is 5.32 Å². The monoisotopic (exact) mass is 247 g/mol. The van der Waals surface area contributed by atoms with Gasteiger partial charge in [0, 0.05) is 12.0 Å². The molecule has 0 saturated heterocycles. The van der Waals surface area contributed by atoms with E-state index < -0.39 is 0 Å². The van der Waals surface area contributed by atoms with Gasteiger partial charge in [-0.3, -0.25) is 0 Å². The van der Waals surface area contributed by atoms with Gasteiger partial charge in [0.25, 0.3) is 0 Å². The average Bonchev–Trinajstić information content (AvgIpc) is 2.85. The minimum absolute atomic E-state index is 0.210. The highest BCUT2D eigenvalue weighted by molar-refractivity contribution is 5.28. The zero-order valence-electron chi connectivity index (χ0n) is 10.7. The van der Waals surface area contributed by atoms with Gasteiger partial charge in [-0.1, -0.05) is 32.0 Å². The lowest BCUT2D eigenvalue weighted by Crippen LogP contribution is -2.22. The number of hydrogen-bond donors (Lipinski definition) is 1. The quantitative estimate of drug-likeness (QED) is 0.872. The van der Waals surface area contributed by atoms with Crippen LogP contribution in [-0.4, -0.2) is 6.54 Å². The normalized spacial score (nSPS) is 12.6. The van der Waals surface area contributed by atoms with Crippen LogP contribution in [-0.2, 0) is 6.42 Å². The Kier molecular flexibility index (Phi) is 4.15. The standard InChI is InChI=1S/C15H18FNO/c1-3-11-9-10-14(18-11)15(17-4-2)12-7-5-6-8-13(12)16/h5-10,15,17H,3-4H2,1-2H3. The fraction of sp³-hybridized carbons (Fsp3) is 0.333.